The molecule has 2 rings (SSSR count). The molecule has 0 saturated carbocycles. The van der Waals surface area contributed by atoms with E-state index in [9.17, 15) is 4.79 Å². The SMILES string of the molecule is CCN(c1ccccc1)C(C)OC(=O)Nc1cccc(Cl)c1. The van der Waals surface area contributed by atoms with Crippen LogP contribution in [0.1, 0.15) is 13.8 Å². The Morgan fingerprint density at radius 1 is 1.23 bits per heavy atom. The Balaban J connectivity index is 1.98. The molecule has 0 saturated heterocycles. The highest BCUT2D eigenvalue weighted by Gasteiger charge is 2.17. The van der Waals surface area contributed by atoms with Gasteiger partial charge in [-0.3, -0.25) is 5.32 Å². The standard InChI is InChI=1S/C17H19ClN2O2/c1-3-20(16-10-5-4-6-11-16)13(2)22-17(21)19-15-9-7-8-14(18)12-15/h4-13H,3H2,1-2H3,(H,19,21). The van der Waals surface area contributed by atoms with Crippen molar-refractivity contribution in [3.63, 3.8) is 0 Å². The lowest BCUT2D eigenvalue weighted by atomic mass is 10.3. The summed E-state index contributed by atoms with van der Waals surface area (Å²) in [6, 6.07) is 16.8. The minimum absolute atomic E-state index is 0.383. The van der Waals surface area contributed by atoms with Gasteiger partial charge in [0.15, 0.2) is 6.23 Å². The van der Waals surface area contributed by atoms with Gasteiger partial charge in [0.05, 0.1) is 0 Å². The fourth-order valence-corrected chi connectivity index (χ4v) is 2.39. The zero-order chi connectivity index (χ0) is 15.9. The molecule has 0 radical (unpaired) electrons. The van der Waals surface area contributed by atoms with Gasteiger partial charge in [0.1, 0.15) is 0 Å². The van der Waals surface area contributed by atoms with E-state index >= 15 is 0 Å². The minimum atomic E-state index is -0.510. The Kier molecular flexibility index (Phi) is 5.67. The summed E-state index contributed by atoms with van der Waals surface area (Å²) in [6.45, 7) is 4.59. The van der Waals surface area contributed by atoms with Crippen LogP contribution in [0.4, 0.5) is 16.2 Å². The summed E-state index contributed by atoms with van der Waals surface area (Å²) in [7, 11) is 0. The molecule has 1 unspecified atom stereocenters. The number of rotatable bonds is 5. The molecule has 1 amide bonds. The third-order valence-corrected chi connectivity index (χ3v) is 3.45. The Hall–Kier alpha value is -2.20. The third kappa shape index (κ3) is 4.40. The number of ether oxygens (including phenoxy) is 1. The summed E-state index contributed by atoms with van der Waals surface area (Å²) in [4.78, 5) is 14.0. The maximum atomic E-state index is 12.0. The van der Waals surface area contributed by atoms with Gasteiger partial charge in [-0.15, -0.1) is 0 Å². The summed E-state index contributed by atoms with van der Waals surface area (Å²) in [5.74, 6) is 0. The number of carbonyl (C=O) groups excluding carboxylic acids is 1. The zero-order valence-corrected chi connectivity index (χ0v) is 13.4. The average molecular weight is 319 g/mol. The summed E-state index contributed by atoms with van der Waals surface area (Å²) in [5.41, 5.74) is 1.61. The number of hydrogen-bond donors (Lipinski definition) is 1. The molecule has 4 nitrogen and oxygen atoms in total. The summed E-state index contributed by atoms with van der Waals surface area (Å²) < 4.78 is 5.43. The number of nitrogens with zero attached hydrogens (tertiary/aromatic N) is 1. The number of amides is 1. The lowest BCUT2D eigenvalue weighted by Gasteiger charge is -2.29. The van der Waals surface area contributed by atoms with Crippen LogP contribution in [0.15, 0.2) is 54.6 Å². The molecule has 1 atom stereocenters. The fourth-order valence-electron chi connectivity index (χ4n) is 2.20. The highest BCUT2D eigenvalue weighted by atomic mass is 35.5. The smallest absolute Gasteiger partial charge is 0.413 e. The number of halogens is 1. The van der Waals surface area contributed by atoms with Gasteiger partial charge in [-0.2, -0.15) is 0 Å². The fraction of sp³-hybridized carbons (Fsp3) is 0.235. The number of benzene rings is 2. The molecule has 1 N–H and O–H groups in total. The first-order chi connectivity index (χ1) is 10.6. The van der Waals surface area contributed by atoms with Gasteiger partial charge in [0, 0.05) is 22.9 Å². The van der Waals surface area contributed by atoms with Gasteiger partial charge in [-0.25, -0.2) is 4.79 Å². The van der Waals surface area contributed by atoms with E-state index in [1.165, 1.54) is 0 Å². The molecule has 0 bridgehead atoms. The highest BCUT2D eigenvalue weighted by Crippen LogP contribution is 2.18. The van der Waals surface area contributed by atoms with Crippen LogP contribution in [-0.2, 0) is 4.74 Å². The second kappa shape index (κ2) is 7.71. The molecule has 0 aliphatic rings. The van der Waals surface area contributed by atoms with E-state index in [4.69, 9.17) is 16.3 Å². The van der Waals surface area contributed by atoms with E-state index in [0.29, 0.717) is 10.7 Å². The van der Waals surface area contributed by atoms with E-state index in [-0.39, 0.29) is 6.23 Å². The number of nitrogens with one attached hydrogen (secondary N) is 1. The van der Waals surface area contributed by atoms with Crippen LogP contribution in [0, 0.1) is 0 Å². The van der Waals surface area contributed by atoms with Crippen LogP contribution in [0.5, 0.6) is 0 Å². The molecule has 0 aliphatic heterocycles. The van der Waals surface area contributed by atoms with Gasteiger partial charge in [-0.1, -0.05) is 35.9 Å². The Bertz CT molecular complexity index is 619. The van der Waals surface area contributed by atoms with Crippen molar-refractivity contribution in [1.29, 1.82) is 0 Å². The lowest BCUT2D eigenvalue weighted by Crippen LogP contribution is -2.37. The van der Waals surface area contributed by atoms with E-state index < -0.39 is 6.09 Å². The van der Waals surface area contributed by atoms with Crippen molar-refractivity contribution >= 4 is 29.1 Å². The number of hydrogen-bond acceptors (Lipinski definition) is 3. The molecule has 22 heavy (non-hydrogen) atoms. The summed E-state index contributed by atoms with van der Waals surface area (Å²) in [6.07, 6.45) is -0.893. The lowest BCUT2D eigenvalue weighted by molar-refractivity contribution is 0.118. The van der Waals surface area contributed by atoms with Crippen molar-refractivity contribution in [1.82, 2.24) is 0 Å². The van der Waals surface area contributed by atoms with Crippen LogP contribution in [-0.4, -0.2) is 18.9 Å². The number of para-hydroxylation sites is 1. The van der Waals surface area contributed by atoms with Crippen molar-refractivity contribution < 1.29 is 9.53 Å². The van der Waals surface area contributed by atoms with E-state index in [1.807, 2.05) is 49.1 Å². The van der Waals surface area contributed by atoms with Crippen LogP contribution in [0.3, 0.4) is 0 Å². The second-order valence-corrected chi connectivity index (χ2v) is 5.20. The van der Waals surface area contributed by atoms with Gasteiger partial charge < -0.3 is 9.64 Å². The van der Waals surface area contributed by atoms with Crippen LogP contribution in [0.2, 0.25) is 5.02 Å². The average Bonchev–Trinajstić information content (AvgIpc) is 2.49. The summed E-state index contributed by atoms with van der Waals surface area (Å²) >= 11 is 5.89. The van der Waals surface area contributed by atoms with E-state index in [0.717, 1.165) is 12.2 Å². The number of carbonyl (C=O) groups is 1. The predicted octanol–water partition coefficient (Wildman–Crippen LogP) is 4.76. The first-order valence-corrected chi connectivity index (χ1v) is 7.53. The predicted molar refractivity (Wildman–Crippen MR) is 90.5 cm³/mol. The third-order valence-electron chi connectivity index (χ3n) is 3.22. The minimum Gasteiger partial charge on any atom is -0.425 e. The van der Waals surface area contributed by atoms with Gasteiger partial charge in [-0.05, 0) is 44.2 Å². The first-order valence-electron chi connectivity index (χ1n) is 7.15. The molecule has 0 spiro atoms. The Morgan fingerprint density at radius 2 is 1.95 bits per heavy atom. The van der Waals surface area contributed by atoms with Crippen LogP contribution < -0.4 is 10.2 Å². The second-order valence-electron chi connectivity index (χ2n) is 4.76. The molecule has 2 aromatic rings. The summed E-state index contributed by atoms with van der Waals surface area (Å²) in [5, 5.41) is 3.23. The molecular formula is C17H19ClN2O2. The Morgan fingerprint density at radius 3 is 2.59 bits per heavy atom. The molecule has 0 aromatic heterocycles. The molecule has 2 aromatic carbocycles. The van der Waals surface area contributed by atoms with Crippen molar-refractivity contribution in [2.75, 3.05) is 16.8 Å². The van der Waals surface area contributed by atoms with Crippen molar-refractivity contribution in [2.45, 2.75) is 20.1 Å². The van der Waals surface area contributed by atoms with Crippen molar-refractivity contribution in [3.8, 4) is 0 Å². The quantitative estimate of drug-likeness (QED) is 0.808. The maximum Gasteiger partial charge on any atom is 0.413 e. The highest BCUT2D eigenvalue weighted by molar-refractivity contribution is 6.30. The van der Waals surface area contributed by atoms with E-state index in [1.54, 1.807) is 24.3 Å². The first kappa shape index (κ1) is 16.2. The largest absolute Gasteiger partial charge is 0.425 e. The van der Waals surface area contributed by atoms with Crippen molar-refractivity contribution in [2.24, 2.45) is 0 Å². The Labute approximate surface area is 135 Å². The van der Waals surface area contributed by atoms with Gasteiger partial charge in [0.2, 0.25) is 0 Å². The molecule has 5 heteroatoms. The molecule has 116 valence electrons. The number of anilines is 2. The van der Waals surface area contributed by atoms with Gasteiger partial charge >= 0.3 is 6.09 Å². The maximum absolute atomic E-state index is 12.0. The molecular weight excluding hydrogens is 300 g/mol. The van der Waals surface area contributed by atoms with Gasteiger partial charge in [0.25, 0.3) is 0 Å². The zero-order valence-electron chi connectivity index (χ0n) is 12.6. The van der Waals surface area contributed by atoms with Crippen LogP contribution in [0.25, 0.3) is 0 Å². The molecule has 0 aliphatic carbocycles. The van der Waals surface area contributed by atoms with E-state index in [2.05, 4.69) is 5.32 Å². The van der Waals surface area contributed by atoms with Crippen molar-refractivity contribution in [3.05, 3.63) is 59.6 Å². The normalized spacial score (nSPS) is 11.6. The van der Waals surface area contributed by atoms with Crippen LogP contribution >= 0.6 is 11.6 Å². The molecule has 0 heterocycles. The molecule has 0 fully saturated rings. The topological polar surface area (TPSA) is 41.6 Å². The monoisotopic (exact) mass is 318 g/mol.